The molecule has 0 radical (unpaired) electrons. The first-order chi connectivity index (χ1) is 15.1. The van der Waals surface area contributed by atoms with E-state index in [-0.39, 0.29) is 0 Å². The molecule has 2 nitrogen and oxygen atoms in total. The fourth-order valence-electron chi connectivity index (χ4n) is 7.26. The van der Waals surface area contributed by atoms with Gasteiger partial charge in [0, 0.05) is 12.0 Å². The van der Waals surface area contributed by atoms with Crippen LogP contribution < -0.4 is 0 Å². The number of hydrogen-bond donors (Lipinski definition) is 0. The minimum absolute atomic E-state index is 0.377. The van der Waals surface area contributed by atoms with E-state index in [1.165, 1.54) is 77.0 Å². The highest BCUT2D eigenvalue weighted by atomic mass is 19.3. The number of ether oxygens (including phenoxy) is 2. The predicted octanol–water partition coefficient (Wildman–Crippen LogP) is 7.75. The highest BCUT2D eigenvalue weighted by Crippen LogP contribution is 2.47. The van der Waals surface area contributed by atoms with Gasteiger partial charge in [-0.05, 0) is 119 Å². The number of rotatable bonds is 5. The van der Waals surface area contributed by atoms with E-state index in [0.29, 0.717) is 25.0 Å². The van der Waals surface area contributed by atoms with E-state index in [2.05, 4.69) is 19.1 Å². The summed E-state index contributed by atoms with van der Waals surface area (Å²) in [6, 6.07) is 0. The van der Waals surface area contributed by atoms with Gasteiger partial charge in [-0.1, -0.05) is 12.2 Å². The molecule has 0 aromatic rings. The molecule has 0 spiro atoms. The fraction of sp³-hybridized carbons (Fsp3) is 0.852. The van der Waals surface area contributed by atoms with Crippen molar-refractivity contribution in [2.45, 2.75) is 90.3 Å². The van der Waals surface area contributed by atoms with Crippen LogP contribution in [0.4, 0.5) is 8.78 Å². The third-order valence-corrected chi connectivity index (χ3v) is 9.13. The molecule has 3 aliphatic carbocycles. The molecule has 31 heavy (non-hydrogen) atoms. The second kappa shape index (κ2) is 11.4. The molecule has 4 heteroatoms. The van der Waals surface area contributed by atoms with Crippen molar-refractivity contribution in [1.82, 2.24) is 0 Å². The summed E-state index contributed by atoms with van der Waals surface area (Å²) in [5, 5.41) is 0. The Labute approximate surface area is 187 Å². The Kier molecular flexibility index (Phi) is 8.62. The van der Waals surface area contributed by atoms with Gasteiger partial charge in [0.2, 0.25) is 0 Å². The van der Waals surface area contributed by atoms with Gasteiger partial charge in [-0.25, -0.2) is 0 Å². The molecule has 1 saturated heterocycles. The summed E-state index contributed by atoms with van der Waals surface area (Å²) in [5.41, 5.74) is 0. The molecule has 4 rings (SSSR count). The van der Waals surface area contributed by atoms with Gasteiger partial charge in [-0.2, -0.15) is 8.78 Å². The highest BCUT2D eigenvalue weighted by Gasteiger charge is 2.36. The SMILES string of the molecule is CC=CC1CCC(C2CCC(C3CCC(C4COC(C=C(F)F)OC4)CC3)CC2)CC1. The Bertz CT molecular complexity index is 582. The average molecular weight is 437 g/mol. The lowest BCUT2D eigenvalue weighted by atomic mass is 9.64. The normalized spacial score (nSPS) is 42.4. The van der Waals surface area contributed by atoms with Gasteiger partial charge in [0.15, 0.2) is 6.29 Å². The predicted molar refractivity (Wildman–Crippen MR) is 121 cm³/mol. The summed E-state index contributed by atoms with van der Waals surface area (Å²) in [5.74, 6) is 5.70. The summed E-state index contributed by atoms with van der Waals surface area (Å²) in [6.07, 6.45) is 19.6. The van der Waals surface area contributed by atoms with Gasteiger partial charge in [0.1, 0.15) is 0 Å². The maximum absolute atomic E-state index is 12.4. The van der Waals surface area contributed by atoms with Crippen molar-refractivity contribution >= 4 is 0 Å². The molecular weight excluding hydrogens is 394 g/mol. The minimum Gasteiger partial charge on any atom is -0.348 e. The second-order valence-corrected chi connectivity index (χ2v) is 10.8. The van der Waals surface area contributed by atoms with Crippen LogP contribution in [-0.2, 0) is 9.47 Å². The Balaban J connectivity index is 1.15. The van der Waals surface area contributed by atoms with Crippen molar-refractivity contribution in [2.24, 2.45) is 41.4 Å². The molecule has 176 valence electrons. The van der Waals surface area contributed by atoms with E-state index in [1.54, 1.807) is 0 Å². The van der Waals surface area contributed by atoms with Crippen molar-refractivity contribution in [1.29, 1.82) is 0 Å². The molecule has 1 aliphatic heterocycles. The van der Waals surface area contributed by atoms with E-state index >= 15 is 0 Å². The number of allylic oxidation sites excluding steroid dienone is 2. The van der Waals surface area contributed by atoms with Gasteiger partial charge in [-0.3, -0.25) is 0 Å². The molecule has 0 atom stereocenters. The summed E-state index contributed by atoms with van der Waals surface area (Å²) in [4.78, 5) is 0. The number of hydrogen-bond acceptors (Lipinski definition) is 2. The van der Waals surface area contributed by atoms with Crippen molar-refractivity contribution in [3.63, 3.8) is 0 Å². The van der Waals surface area contributed by atoms with Crippen LogP contribution in [0.3, 0.4) is 0 Å². The molecular formula is C27H42F2O2. The highest BCUT2D eigenvalue weighted by molar-refractivity contribution is 4.92. The molecule has 4 fully saturated rings. The van der Waals surface area contributed by atoms with E-state index in [1.807, 2.05) is 0 Å². The van der Waals surface area contributed by atoms with Crippen LogP contribution in [0.2, 0.25) is 0 Å². The summed E-state index contributed by atoms with van der Waals surface area (Å²) in [7, 11) is 0. The maximum Gasteiger partial charge on any atom is 0.271 e. The van der Waals surface area contributed by atoms with Gasteiger partial charge in [-0.15, -0.1) is 0 Å². The zero-order valence-corrected chi connectivity index (χ0v) is 19.3. The first kappa shape index (κ1) is 23.4. The second-order valence-electron chi connectivity index (χ2n) is 10.8. The van der Waals surface area contributed by atoms with Crippen LogP contribution in [0.25, 0.3) is 0 Å². The molecule has 0 unspecified atom stereocenters. The monoisotopic (exact) mass is 436 g/mol. The molecule has 0 bridgehead atoms. The lowest BCUT2D eigenvalue weighted by Gasteiger charge is -2.42. The van der Waals surface area contributed by atoms with Crippen LogP contribution in [0.15, 0.2) is 24.3 Å². The average Bonchev–Trinajstić information content (AvgIpc) is 2.80. The van der Waals surface area contributed by atoms with Crippen molar-refractivity contribution in [3.8, 4) is 0 Å². The van der Waals surface area contributed by atoms with Crippen LogP contribution in [0, 0.1) is 41.4 Å². The Hall–Kier alpha value is -0.740. The zero-order chi connectivity index (χ0) is 21.6. The van der Waals surface area contributed by atoms with Crippen molar-refractivity contribution in [3.05, 3.63) is 24.3 Å². The lowest BCUT2D eigenvalue weighted by Crippen LogP contribution is -2.37. The van der Waals surface area contributed by atoms with E-state index in [4.69, 9.17) is 9.47 Å². The molecule has 0 amide bonds. The molecule has 0 N–H and O–H groups in total. The van der Waals surface area contributed by atoms with Crippen LogP contribution in [0.1, 0.15) is 84.0 Å². The summed E-state index contributed by atoms with van der Waals surface area (Å²) < 4.78 is 35.7. The summed E-state index contributed by atoms with van der Waals surface area (Å²) in [6.45, 7) is 3.28. The zero-order valence-electron chi connectivity index (χ0n) is 19.3. The van der Waals surface area contributed by atoms with Crippen molar-refractivity contribution < 1.29 is 18.3 Å². The van der Waals surface area contributed by atoms with E-state index in [0.717, 1.165) is 35.7 Å². The minimum atomic E-state index is -1.72. The Morgan fingerprint density at radius 3 is 1.39 bits per heavy atom. The van der Waals surface area contributed by atoms with Gasteiger partial charge < -0.3 is 9.47 Å². The summed E-state index contributed by atoms with van der Waals surface area (Å²) >= 11 is 0. The maximum atomic E-state index is 12.4. The van der Waals surface area contributed by atoms with Gasteiger partial charge in [0.25, 0.3) is 6.08 Å². The van der Waals surface area contributed by atoms with Gasteiger partial charge >= 0.3 is 0 Å². The first-order valence-electron chi connectivity index (χ1n) is 13.0. The molecule has 1 heterocycles. The van der Waals surface area contributed by atoms with Gasteiger partial charge in [0.05, 0.1) is 13.2 Å². The van der Waals surface area contributed by atoms with Crippen LogP contribution in [-0.4, -0.2) is 19.5 Å². The first-order valence-corrected chi connectivity index (χ1v) is 13.0. The third kappa shape index (κ3) is 6.41. The fourth-order valence-corrected chi connectivity index (χ4v) is 7.26. The standard InChI is InChI=1S/C27H42F2O2/c1-2-3-19-4-6-20(7-5-19)21-8-10-22(11-9-21)23-12-14-24(15-13-23)25-17-30-27(31-18-25)16-26(28)29/h2-3,16,19-25,27H,4-15,17-18H2,1H3. The van der Waals surface area contributed by atoms with E-state index in [9.17, 15) is 8.78 Å². The van der Waals surface area contributed by atoms with E-state index < -0.39 is 12.4 Å². The Morgan fingerprint density at radius 2 is 1.00 bits per heavy atom. The molecule has 0 aromatic heterocycles. The topological polar surface area (TPSA) is 18.5 Å². The smallest absolute Gasteiger partial charge is 0.271 e. The quantitative estimate of drug-likeness (QED) is 0.410. The molecule has 4 aliphatic rings. The molecule has 0 aromatic carbocycles. The van der Waals surface area contributed by atoms with Crippen LogP contribution in [0.5, 0.6) is 0 Å². The number of halogens is 2. The van der Waals surface area contributed by atoms with Crippen molar-refractivity contribution in [2.75, 3.05) is 13.2 Å². The lowest BCUT2D eigenvalue weighted by molar-refractivity contribution is -0.187. The third-order valence-electron chi connectivity index (χ3n) is 9.13. The molecule has 3 saturated carbocycles. The van der Waals surface area contributed by atoms with Crippen LogP contribution >= 0.6 is 0 Å². The largest absolute Gasteiger partial charge is 0.348 e. The Morgan fingerprint density at radius 1 is 0.613 bits per heavy atom.